The van der Waals surface area contributed by atoms with E-state index in [0.29, 0.717) is 34.4 Å². The molecule has 0 amide bonds. The maximum absolute atomic E-state index is 13.6. The standard InChI is InChI=1S/C27H28N2O5S/c1-19-9-7-8-10-20(19)13-14-29(35(31,32)23-11-5-4-6-12-23)18-22-15-21-16-25(33-2)26(34-3)17-24(21)28-27(22)30/h4-12,15-17H,13-14,18H2,1-3H3,(H,28,30). The van der Waals surface area contributed by atoms with Gasteiger partial charge in [-0.2, -0.15) is 4.31 Å². The Labute approximate surface area is 205 Å². The van der Waals surface area contributed by atoms with Crippen LogP contribution < -0.4 is 15.0 Å². The summed E-state index contributed by atoms with van der Waals surface area (Å²) in [5, 5.41) is 0.716. The summed E-state index contributed by atoms with van der Waals surface area (Å²) in [5.41, 5.74) is 2.72. The summed E-state index contributed by atoms with van der Waals surface area (Å²) < 4.78 is 39.2. The van der Waals surface area contributed by atoms with E-state index in [-0.39, 0.29) is 23.5 Å². The molecule has 1 heterocycles. The van der Waals surface area contributed by atoms with Crippen LogP contribution in [0.1, 0.15) is 16.7 Å². The molecule has 4 rings (SSSR count). The fraction of sp³-hybridized carbons (Fsp3) is 0.222. The number of aromatic nitrogens is 1. The van der Waals surface area contributed by atoms with E-state index in [1.54, 1.807) is 48.5 Å². The van der Waals surface area contributed by atoms with Gasteiger partial charge >= 0.3 is 0 Å². The minimum atomic E-state index is -3.84. The first-order chi connectivity index (χ1) is 16.8. The molecule has 1 N–H and O–H groups in total. The second kappa shape index (κ2) is 10.3. The molecule has 0 saturated heterocycles. The van der Waals surface area contributed by atoms with Crippen LogP contribution >= 0.6 is 0 Å². The van der Waals surface area contributed by atoms with Crippen LogP contribution in [0.25, 0.3) is 10.9 Å². The van der Waals surface area contributed by atoms with Crippen LogP contribution in [0.3, 0.4) is 0 Å². The van der Waals surface area contributed by atoms with E-state index in [4.69, 9.17) is 9.47 Å². The van der Waals surface area contributed by atoms with Crippen molar-refractivity contribution in [2.75, 3.05) is 20.8 Å². The van der Waals surface area contributed by atoms with Gasteiger partial charge in [-0.05, 0) is 48.7 Å². The molecule has 0 unspecified atom stereocenters. The zero-order chi connectivity index (χ0) is 25.0. The smallest absolute Gasteiger partial charge is 0.252 e. The van der Waals surface area contributed by atoms with Gasteiger partial charge < -0.3 is 14.5 Å². The van der Waals surface area contributed by atoms with Crippen molar-refractivity contribution in [2.45, 2.75) is 24.8 Å². The second-order valence-electron chi connectivity index (χ2n) is 8.25. The molecule has 0 aliphatic rings. The van der Waals surface area contributed by atoms with E-state index in [1.807, 2.05) is 31.2 Å². The molecule has 0 spiro atoms. The summed E-state index contributed by atoms with van der Waals surface area (Å²) >= 11 is 0. The maximum atomic E-state index is 13.6. The molecule has 0 saturated carbocycles. The number of hydrogen-bond donors (Lipinski definition) is 1. The van der Waals surface area contributed by atoms with Crippen LogP contribution in [0.5, 0.6) is 11.5 Å². The maximum Gasteiger partial charge on any atom is 0.252 e. The largest absolute Gasteiger partial charge is 0.493 e. The highest BCUT2D eigenvalue weighted by molar-refractivity contribution is 7.89. The van der Waals surface area contributed by atoms with Gasteiger partial charge in [0.25, 0.3) is 5.56 Å². The van der Waals surface area contributed by atoms with Crippen LogP contribution in [0.15, 0.2) is 82.5 Å². The molecule has 8 heteroatoms. The molecule has 0 bridgehead atoms. The molecule has 182 valence electrons. The van der Waals surface area contributed by atoms with Crippen molar-refractivity contribution in [1.82, 2.24) is 9.29 Å². The van der Waals surface area contributed by atoms with E-state index in [0.717, 1.165) is 11.1 Å². The van der Waals surface area contributed by atoms with E-state index < -0.39 is 10.0 Å². The number of sulfonamides is 1. The third-order valence-electron chi connectivity index (χ3n) is 6.04. The van der Waals surface area contributed by atoms with E-state index in [9.17, 15) is 13.2 Å². The van der Waals surface area contributed by atoms with Crippen molar-refractivity contribution < 1.29 is 17.9 Å². The molecule has 7 nitrogen and oxygen atoms in total. The lowest BCUT2D eigenvalue weighted by Crippen LogP contribution is -2.34. The zero-order valence-electron chi connectivity index (χ0n) is 19.9. The predicted molar refractivity (Wildman–Crippen MR) is 137 cm³/mol. The number of nitrogens with one attached hydrogen (secondary N) is 1. The highest BCUT2D eigenvalue weighted by Gasteiger charge is 2.25. The van der Waals surface area contributed by atoms with Crippen molar-refractivity contribution in [3.8, 4) is 11.5 Å². The molecule has 0 radical (unpaired) electrons. The number of aromatic amines is 1. The van der Waals surface area contributed by atoms with Gasteiger partial charge in [0.1, 0.15) is 0 Å². The number of methoxy groups -OCH3 is 2. The van der Waals surface area contributed by atoms with Crippen molar-refractivity contribution in [3.05, 3.63) is 99.8 Å². The molecule has 4 aromatic rings. The fourth-order valence-corrected chi connectivity index (χ4v) is 5.49. The van der Waals surface area contributed by atoms with Gasteiger partial charge in [-0.1, -0.05) is 42.5 Å². The van der Waals surface area contributed by atoms with Crippen LogP contribution in [0.4, 0.5) is 0 Å². The van der Waals surface area contributed by atoms with Gasteiger partial charge in [0.2, 0.25) is 10.0 Å². The Morgan fingerprint density at radius 1 is 0.857 bits per heavy atom. The number of nitrogens with zero attached hydrogens (tertiary/aromatic N) is 1. The second-order valence-corrected chi connectivity index (χ2v) is 10.2. The highest BCUT2D eigenvalue weighted by Crippen LogP contribution is 2.31. The summed E-state index contributed by atoms with van der Waals surface area (Å²) in [4.78, 5) is 16.0. The third kappa shape index (κ3) is 5.23. The molecule has 0 aliphatic carbocycles. The first kappa shape index (κ1) is 24.5. The predicted octanol–water partition coefficient (Wildman–Crippen LogP) is 4.29. The van der Waals surface area contributed by atoms with Gasteiger partial charge in [0.05, 0.1) is 24.6 Å². The number of rotatable bonds is 9. The van der Waals surface area contributed by atoms with E-state index >= 15 is 0 Å². The summed E-state index contributed by atoms with van der Waals surface area (Å²) in [6.07, 6.45) is 0.523. The number of H-pyrrole nitrogens is 1. The lowest BCUT2D eigenvalue weighted by molar-refractivity contribution is 0.355. The SMILES string of the molecule is COc1cc2cc(CN(CCc3ccccc3C)S(=O)(=O)c3ccccc3)c(=O)[nH]c2cc1OC. The number of fused-ring (bicyclic) bond motifs is 1. The number of aryl methyl sites for hydroxylation is 1. The highest BCUT2D eigenvalue weighted by atomic mass is 32.2. The van der Waals surface area contributed by atoms with Crippen LogP contribution in [0.2, 0.25) is 0 Å². The first-order valence-corrected chi connectivity index (χ1v) is 12.6. The summed E-state index contributed by atoms with van der Waals surface area (Å²) in [6, 6.07) is 21.3. The van der Waals surface area contributed by atoms with Crippen molar-refractivity contribution in [3.63, 3.8) is 0 Å². The Morgan fingerprint density at radius 2 is 1.51 bits per heavy atom. The summed E-state index contributed by atoms with van der Waals surface area (Å²) in [5.74, 6) is 1.02. The molecule has 0 atom stereocenters. The van der Waals surface area contributed by atoms with E-state index in [2.05, 4.69) is 4.98 Å². The molecular formula is C27H28N2O5S. The van der Waals surface area contributed by atoms with Crippen molar-refractivity contribution in [2.24, 2.45) is 0 Å². The minimum absolute atomic E-state index is 0.0667. The number of hydrogen-bond acceptors (Lipinski definition) is 5. The number of pyridine rings is 1. The Bertz CT molecular complexity index is 1500. The lowest BCUT2D eigenvalue weighted by atomic mass is 10.1. The normalized spacial score (nSPS) is 11.7. The molecular weight excluding hydrogens is 464 g/mol. The van der Waals surface area contributed by atoms with Gasteiger partial charge in [-0.15, -0.1) is 0 Å². The average Bonchev–Trinajstić information content (AvgIpc) is 2.87. The number of ether oxygens (including phenoxy) is 2. The van der Waals surface area contributed by atoms with Crippen LogP contribution in [-0.2, 0) is 23.0 Å². The minimum Gasteiger partial charge on any atom is -0.493 e. The van der Waals surface area contributed by atoms with Crippen molar-refractivity contribution in [1.29, 1.82) is 0 Å². The molecule has 3 aromatic carbocycles. The van der Waals surface area contributed by atoms with E-state index in [1.165, 1.54) is 18.5 Å². The van der Waals surface area contributed by atoms with Crippen LogP contribution in [-0.4, -0.2) is 38.5 Å². The molecule has 35 heavy (non-hydrogen) atoms. The monoisotopic (exact) mass is 492 g/mol. The van der Waals surface area contributed by atoms with Crippen molar-refractivity contribution >= 4 is 20.9 Å². The Balaban J connectivity index is 1.74. The van der Waals surface area contributed by atoms with Crippen LogP contribution in [0, 0.1) is 6.92 Å². The number of benzene rings is 3. The van der Waals surface area contributed by atoms with Gasteiger partial charge in [0, 0.05) is 30.1 Å². The third-order valence-corrected chi connectivity index (χ3v) is 7.90. The zero-order valence-corrected chi connectivity index (χ0v) is 20.8. The Kier molecular flexibility index (Phi) is 7.23. The molecule has 0 aliphatic heterocycles. The van der Waals surface area contributed by atoms with Gasteiger partial charge in [-0.25, -0.2) is 8.42 Å². The Morgan fingerprint density at radius 3 is 2.20 bits per heavy atom. The first-order valence-electron chi connectivity index (χ1n) is 11.2. The topological polar surface area (TPSA) is 88.7 Å². The Hall–Kier alpha value is -3.62. The fourth-order valence-electron chi connectivity index (χ4n) is 4.05. The summed E-state index contributed by atoms with van der Waals surface area (Å²) in [7, 11) is -0.777. The molecule has 0 fully saturated rings. The van der Waals surface area contributed by atoms with Gasteiger partial charge in [-0.3, -0.25) is 4.79 Å². The van der Waals surface area contributed by atoms with Gasteiger partial charge in [0.15, 0.2) is 11.5 Å². The average molecular weight is 493 g/mol. The quantitative estimate of drug-likeness (QED) is 0.377. The molecule has 1 aromatic heterocycles. The lowest BCUT2D eigenvalue weighted by Gasteiger charge is -2.23. The summed E-state index contributed by atoms with van der Waals surface area (Å²) in [6.45, 7) is 2.16.